The van der Waals surface area contributed by atoms with E-state index in [0.717, 1.165) is 24.3 Å². The predicted octanol–water partition coefficient (Wildman–Crippen LogP) is 3.90. The first-order valence-corrected chi connectivity index (χ1v) is 12.0. The molecule has 0 unspecified atom stereocenters. The van der Waals surface area contributed by atoms with Gasteiger partial charge in [0.2, 0.25) is 0 Å². The van der Waals surface area contributed by atoms with Gasteiger partial charge in [0.25, 0.3) is 5.91 Å². The summed E-state index contributed by atoms with van der Waals surface area (Å²) in [4.78, 5) is 14.7. The molecule has 0 bridgehead atoms. The topological polar surface area (TPSA) is 91.4 Å². The highest BCUT2D eigenvalue weighted by atomic mass is 32.2. The Morgan fingerprint density at radius 1 is 0.886 bits per heavy atom. The van der Waals surface area contributed by atoms with E-state index in [1.165, 1.54) is 33.5 Å². The van der Waals surface area contributed by atoms with Crippen molar-refractivity contribution in [2.75, 3.05) is 34.5 Å². The Kier molecular flexibility index (Phi) is 8.67. The zero-order valence-electron chi connectivity index (χ0n) is 19.6. The van der Waals surface area contributed by atoms with Gasteiger partial charge in [-0.1, -0.05) is 12.1 Å². The van der Waals surface area contributed by atoms with Crippen molar-refractivity contribution in [2.24, 2.45) is 0 Å². The van der Waals surface area contributed by atoms with Crippen LogP contribution in [-0.4, -0.2) is 53.7 Å². The van der Waals surface area contributed by atoms with E-state index in [4.69, 9.17) is 18.4 Å². The van der Waals surface area contributed by atoms with Crippen molar-refractivity contribution in [2.45, 2.75) is 11.4 Å². The Morgan fingerprint density at radius 2 is 1.54 bits per heavy atom. The van der Waals surface area contributed by atoms with Crippen LogP contribution in [0.3, 0.4) is 0 Å². The quantitative estimate of drug-likeness (QED) is 0.367. The summed E-state index contributed by atoms with van der Waals surface area (Å²) < 4.78 is 59.2. The molecule has 0 saturated heterocycles. The van der Waals surface area contributed by atoms with Crippen LogP contribution in [0.1, 0.15) is 15.9 Å². The molecule has 10 heteroatoms. The Labute approximate surface area is 203 Å². The molecule has 8 nitrogen and oxygen atoms in total. The average molecular weight is 504 g/mol. The van der Waals surface area contributed by atoms with E-state index in [1.807, 2.05) is 0 Å². The first-order chi connectivity index (χ1) is 16.7. The second-order valence-electron chi connectivity index (χ2n) is 7.46. The van der Waals surface area contributed by atoms with E-state index < -0.39 is 15.9 Å². The molecule has 3 aromatic rings. The lowest BCUT2D eigenvalue weighted by Gasteiger charge is -2.23. The van der Waals surface area contributed by atoms with Crippen molar-refractivity contribution < 1.29 is 36.0 Å². The molecule has 0 saturated carbocycles. The van der Waals surface area contributed by atoms with Gasteiger partial charge in [-0.3, -0.25) is 4.79 Å². The standard InChI is InChI=1S/C25H26FNO7S/c1-31-12-11-27(25(28)19-14-22(32-2)16-23(15-19)33-3)17-18-5-4-6-21(13-18)34-35(29,30)24-9-7-20(26)8-10-24/h4-10,13-16H,11-12,17H2,1-3H3. The third kappa shape index (κ3) is 6.93. The molecule has 0 aliphatic rings. The Morgan fingerprint density at radius 3 is 2.14 bits per heavy atom. The zero-order chi connectivity index (χ0) is 25.4. The van der Waals surface area contributed by atoms with Gasteiger partial charge in [0.05, 0.1) is 20.8 Å². The fourth-order valence-electron chi connectivity index (χ4n) is 3.26. The van der Waals surface area contributed by atoms with Crippen LogP contribution in [0.2, 0.25) is 0 Å². The highest BCUT2D eigenvalue weighted by Crippen LogP contribution is 2.25. The van der Waals surface area contributed by atoms with Crippen LogP contribution in [0.15, 0.2) is 71.6 Å². The molecular formula is C25H26FNO7S. The minimum atomic E-state index is -4.16. The number of methoxy groups -OCH3 is 3. The van der Waals surface area contributed by atoms with Crippen LogP contribution in [0.25, 0.3) is 0 Å². The van der Waals surface area contributed by atoms with Gasteiger partial charge >= 0.3 is 10.1 Å². The third-order valence-corrected chi connectivity index (χ3v) is 6.29. The smallest absolute Gasteiger partial charge is 0.339 e. The van der Waals surface area contributed by atoms with Crippen molar-refractivity contribution in [1.29, 1.82) is 0 Å². The summed E-state index contributed by atoms with van der Waals surface area (Å²) >= 11 is 0. The SMILES string of the molecule is COCCN(Cc1cccc(OS(=O)(=O)c2ccc(F)cc2)c1)C(=O)c1cc(OC)cc(OC)c1. The van der Waals surface area contributed by atoms with Crippen molar-refractivity contribution in [3.05, 3.63) is 83.7 Å². The largest absolute Gasteiger partial charge is 0.497 e. The van der Waals surface area contributed by atoms with Crippen molar-refractivity contribution in [3.8, 4) is 17.2 Å². The molecule has 1 amide bonds. The molecule has 0 radical (unpaired) electrons. The van der Waals surface area contributed by atoms with Gasteiger partial charge < -0.3 is 23.3 Å². The summed E-state index contributed by atoms with van der Waals surface area (Å²) in [6.07, 6.45) is 0. The number of halogens is 1. The number of ether oxygens (including phenoxy) is 3. The van der Waals surface area contributed by atoms with E-state index in [2.05, 4.69) is 0 Å². The van der Waals surface area contributed by atoms with Gasteiger partial charge in [-0.15, -0.1) is 0 Å². The third-order valence-electron chi connectivity index (χ3n) is 5.03. The number of carbonyl (C=O) groups excluding carboxylic acids is 1. The predicted molar refractivity (Wildman–Crippen MR) is 127 cm³/mol. The number of rotatable bonds is 11. The molecule has 0 aliphatic heterocycles. The lowest BCUT2D eigenvalue weighted by atomic mass is 10.1. The molecule has 0 fully saturated rings. The maximum atomic E-state index is 13.3. The molecule has 186 valence electrons. The molecule has 0 spiro atoms. The van der Waals surface area contributed by atoms with Gasteiger partial charge in [0.1, 0.15) is 28.0 Å². The van der Waals surface area contributed by atoms with Crippen LogP contribution in [0.5, 0.6) is 17.2 Å². The first-order valence-electron chi connectivity index (χ1n) is 10.6. The van der Waals surface area contributed by atoms with E-state index in [0.29, 0.717) is 29.2 Å². The lowest BCUT2D eigenvalue weighted by molar-refractivity contribution is 0.0679. The maximum Gasteiger partial charge on any atom is 0.339 e. The van der Waals surface area contributed by atoms with Crippen LogP contribution >= 0.6 is 0 Å². The molecular weight excluding hydrogens is 477 g/mol. The molecule has 0 heterocycles. The summed E-state index contributed by atoms with van der Waals surface area (Å²) in [7, 11) is 0.369. The minimum absolute atomic E-state index is 0.0639. The Balaban J connectivity index is 1.83. The van der Waals surface area contributed by atoms with E-state index >= 15 is 0 Å². The molecule has 35 heavy (non-hydrogen) atoms. The monoisotopic (exact) mass is 503 g/mol. The van der Waals surface area contributed by atoms with Crippen LogP contribution in [0.4, 0.5) is 4.39 Å². The van der Waals surface area contributed by atoms with Gasteiger partial charge in [-0.05, 0) is 54.1 Å². The van der Waals surface area contributed by atoms with Gasteiger partial charge in [0, 0.05) is 31.8 Å². The second-order valence-corrected chi connectivity index (χ2v) is 9.01. The van der Waals surface area contributed by atoms with Gasteiger partial charge in [-0.25, -0.2) is 4.39 Å². The fourth-order valence-corrected chi connectivity index (χ4v) is 4.18. The number of carbonyl (C=O) groups is 1. The average Bonchev–Trinajstić information content (AvgIpc) is 2.86. The van der Waals surface area contributed by atoms with Gasteiger partial charge in [0.15, 0.2) is 0 Å². The van der Waals surface area contributed by atoms with Gasteiger partial charge in [-0.2, -0.15) is 8.42 Å². The Hall–Kier alpha value is -3.63. The number of benzene rings is 3. The number of nitrogens with zero attached hydrogens (tertiary/aromatic N) is 1. The number of hydrogen-bond acceptors (Lipinski definition) is 7. The summed E-state index contributed by atoms with van der Waals surface area (Å²) in [6, 6.07) is 15.6. The summed E-state index contributed by atoms with van der Waals surface area (Å²) in [5.41, 5.74) is 1.000. The van der Waals surface area contributed by atoms with E-state index in [9.17, 15) is 17.6 Å². The van der Waals surface area contributed by atoms with Crippen molar-refractivity contribution in [3.63, 3.8) is 0 Å². The van der Waals surface area contributed by atoms with E-state index in [-0.39, 0.29) is 29.6 Å². The molecule has 3 rings (SSSR count). The minimum Gasteiger partial charge on any atom is -0.497 e. The fraction of sp³-hybridized carbons (Fsp3) is 0.240. The Bertz CT molecular complexity index is 1240. The highest BCUT2D eigenvalue weighted by Gasteiger charge is 2.20. The normalized spacial score (nSPS) is 11.1. The van der Waals surface area contributed by atoms with E-state index in [1.54, 1.807) is 35.2 Å². The lowest BCUT2D eigenvalue weighted by Crippen LogP contribution is -2.33. The zero-order valence-corrected chi connectivity index (χ0v) is 20.4. The number of hydrogen-bond donors (Lipinski definition) is 0. The maximum absolute atomic E-state index is 13.3. The van der Waals surface area contributed by atoms with Crippen LogP contribution < -0.4 is 13.7 Å². The first kappa shape index (κ1) is 26.0. The van der Waals surface area contributed by atoms with Crippen LogP contribution in [-0.2, 0) is 21.4 Å². The van der Waals surface area contributed by atoms with Crippen LogP contribution in [0, 0.1) is 5.82 Å². The highest BCUT2D eigenvalue weighted by molar-refractivity contribution is 7.87. The summed E-state index contributed by atoms with van der Waals surface area (Å²) in [5, 5.41) is 0. The molecule has 0 atom stereocenters. The van der Waals surface area contributed by atoms with Crippen molar-refractivity contribution in [1.82, 2.24) is 4.90 Å². The molecule has 0 aromatic heterocycles. The second kappa shape index (κ2) is 11.7. The molecule has 0 aliphatic carbocycles. The van der Waals surface area contributed by atoms with Crippen molar-refractivity contribution >= 4 is 16.0 Å². The summed E-state index contributed by atoms with van der Waals surface area (Å²) in [5.74, 6) is 0.167. The number of amides is 1. The molecule has 0 N–H and O–H groups in total. The molecule has 3 aromatic carbocycles. The summed E-state index contributed by atoms with van der Waals surface area (Å²) in [6.45, 7) is 0.741.